The van der Waals surface area contributed by atoms with Gasteiger partial charge in [-0.2, -0.15) is 0 Å². The van der Waals surface area contributed by atoms with Gasteiger partial charge in [0.05, 0.1) is 17.3 Å². The maximum absolute atomic E-state index is 13.3. The zero-order valence-electron chi connectivity index (χ0n) is 16.0. The van der Waals surface area contributed by atoms with E-state index in [1.54, 1.807) is 6.07 Å². The lowest BCUT2D eigenvalue weighted by Crippen LogP contribution is -2.37. The Morgan fingerprint density at radius 3 is 2.61 bits per heavy atom. The second-order valence-electron chi connectivity index (χ2n) is 8.16. The molecule has 2 N–H and O–H groups in total. The van der Waals surface area contributed by atoms with Gasteiger partial charge in [0, 0.05) is 24.6 Å². The monoisotopic (exact) mass is 374 g/mol. The van der Waals surface area contributed by atoms with Crippen LogP contribution in [0.25, 0.3) is 0 Å². The van der Waals surface area contributed by atoms with E-state index in [2.05, 4.69) is 23.5 Å². The van der Waals surface area contributed by atoms with Crippen molar-refractivity contribution in [3.8, 4) is 5.75 Å². The predicted octanol–water partition coefficient (Wildman–Crippen LogP) is 4.84. The van der Waals surface area contributed by atoms with Crippen molar-refractivity contribution < 1.29 is 9.90 Å². The van der Waals surface area contributed by atoms with Crippen LogP contribution in [0.3, 0.4) is 0 Å². The number of piperidine rings is 1. The van der Waals surface area contributed by atoms with Crippen molar-refractivity contribution >= 4 is 11.6 Å². The summed E-state index contributed by atoms with van der Waals surface area (Å²) in [4.78, 5) is 15.3. The van der Waals surface area contributed by atoms with Crippen LogP contribution in [-0.2, 0) is 0 Å². The second-order valence-corrected chi connectivity index (χ2v) is 8.16. The van der Waals surface area contributed by atoms with Crippen molar-refractivity contribution in [1.29, 1.82) is 0 Å². The average molecular weight is 374 g/mol. The Bertz CT molecular complexity index is 930. The van der Waals surface area contributed by atoms with Crippen molar-refractivity contribution in [3.05, 3.63) is 71.3 Å². The molecule has 2 heterocycles. The summed E-state index contributed by atoms with van der Waals surface area (Å²) in [6.07, 6.45) is 8.86. The molecule has 3 atom stereocenters. The fourth-order valence-electron chi connectivity index (χ4n) is 5.13. The standard InChI is InChI=1S/C24H26N2O2/c27-21-13-3-2-8-19(21)22-17-10-6-9-16(17)18-11-7-12-20(23(18)25-22)24(28)26-14-4-1-5-15-26/h2-3,6-9,11-13,16-17,22,25,27H,1,4-5,10,14-15H2. The first kappa shape index (κ1) is 17.4. The number of aromatic hydroxyl groups is 1. The topological polar surface area (TPSA) is 52.6 Å². The van der Waals surface area contributed by atoms with Crippen LogP contribution < -0.4 is 5.32 Å². The minimum absolute atomic E-state index is 0.0102. The van der Waals surface area contributed by atoms with Gasteiger partial charge in [0.2, 0.25) is 0 Å². The number of amides is 1. The summed E-state index contributed by atoms with van der Waals surface area (Å²) in [5.41, 5.74) is 3.82. The third-order valence-electron chi connectivity index (χ3n) is 6.54. The quantitative estimate of drug-likeness (QED) is 0.739. The van der Waals surface area contributed by atoms with Crippen molar-refractivity contribution in [3.63, 3.8) is 0 Å². The number of likely N-dealkylation sites (tertiary alicyclic amines) is 1. The number of allylic oxidation sites excluding steroid dienone is 2. The Hall–Kier alpha value is -2.75. The van der Waals surface area contributed by atoms with E-state index < -0.39 is 0 Å². The zero-order valence-corrected chi connectivity index (χ0v) is 16.0. The van der Waals surface area contributed by atoms with Crippen LogP contribution in [0, 0.1) is 5.92 Å². The van der Waals surface area contributed by atoms with Crippen molar-refractivity contribution in [2.45, 2.75) is 37.6 Å². The van der Waals surface area contributed by atoms with Crippen LogP contribution in [-0.4, -0.2) is 29.0 Å². The van der Waals surface area contributed by atoms with Gasteiger partial charge in [0.25, 0.3) is 5.91 Å². The van der Waals surface area contributed by atoms with E-state index in [0.717, 1.165) is 49.2 Å². The van der Waals surface area contributed by atoms with Crippen molar-refractivity contribution in [2.75, 3.05) is 18.4 Å². The highest BCUT2D eigenvalue weighted by Gasteiger charge is 2.40. The van der Waals surface area contributed by atoms with E-state index in [-0.39, 0.29) is 17.9 Å². The summed E-state index contributed by atoms with van der Waals surface area (Å²) in [7, 11) is 0. The Morgan fingerprint density at radius 1 is 1.00 bits per heavy atom. The first-order valence-electron chi connectivity index (χ1n) is 10.4. The molecule has 0 saturated carbocycles. The molecule has 0 radical (unpaired) electrons. The molecule has 4 nitrogen and oxygen atoms in total. The molecule has 4 heteroatoms. The summed E-state index contributed by atoms with van der Waals surface area (Å²) in [5, 5.41) is 14.1. The van der Waals surface area contributed by atoms with Crippen LogP contribution in [0.2, 0.25) is 0 Å². The lowest BCUT2D eigenvalue weighted by molar-refractivity contribution is 0.0725. The van der Waals surface area contributed by atoms with Crippen LogP contribution >= 0.6 is 0 Å². The van der Waals surface area contributed by atoms with Crippen LogP contribution in [0.15, 0.2) is 54.6 Å². The number of para-hydroxylation sites is 2. The van der Waals surface area contributed by atoms with E-state index in [0.29, 0.717) is 11.7 Å². The molecule has 3 aliphatic rings. The van der Waals surface area contributed by atoms with Crippen molar-refractivity contribution in [1.82, 2.24) is 4.90 Å². The summed E-state index contributed by atoms with van der Waals surface area (Å²) < 4.78 is 0. The number of phenolic OH excluding ortho intramolecular Hbond substituents is 1. The smallest absolute Gasteiger partial charge is 0.255 e. The van der Waals surface area contributed by atoms with Gasteiger partial charge in [0.15, 0.2) is 0 Å². The van der Waals surface area contributed by atoms with E-state index >= 15 is 0 Å². The summed E-state index contributed by atoms with van der Waals surface area (Å²) in [6, 6.07) is 13.6. The third-order valence-corrected chi connectivity index (χ3v) is 6.54. The average Bonchev–Trinajstić information content (AvgIpc) is 3.24. The molecule has 2 aromatic rings. The van der Waals surface area contributed by atoms with Gasteiger partial charge in [-0.1, -0.05) is 42.5 Å². The van der Waals surface area contributed by atoms with Crippen LogP contribution in [0.5, 0.6) is 5.75 Å². The first-order valence-corrected chi connectivity index (χ1v) is 10.4. The van der Waals surface area contributed by atoms with Gasteiger partial charge in [0.1, 0.15) is 5.75 Å². The molecule has 1 fully saturated rings. The maximum Gasteiger partial charge on any atom is 0.255 e. The van der Waals surface area contributed by atoms with E-state index in [1.807, 2.05) is 35.2 Å². The molecule has 0 spiro atoms. The fraction of sp³-hybridized carbons (Fsp3) is 0.375. The molecular formula is C24H26N2O2. The molecule has 0 bridgehead atoms. The number of carbonyl (C=O) groups is 1. The summed E-state index contributed by atoms with van der Waals surface area (Å²) in [5.74, 6) is 1.06. The number of phenols is 1. The molecule has 28 heavy (non-hydrogen) atoms. The SMILES string of the molecule is O=C(c1cccc2c1NC(c1ccccc1O)C1CC=CC21)N1CCCCC1. The molecule has 1 amide bonds. The highest BCUT2D eigenvalue weighted by molar-refractivity contribution is 6.01. The lowest BCUT2D eigenvalue weighted by Gasteiger charge is -2.39. The Morgan fingerprint density at radius 2 is 1.79 bits per heavy atom. The number of rotatable bonds is 2. The van der Waals surface area contributed by atoms with Gasteiger partial charge in [-0.15, -0.1) is 0 Å². The van der Waals surface area contributed by atoms with Gasteiger partial charge in [-0.3, -0.25) is 4.79 Å². The number of nitrogens with one attached hydrogen (secondary N) is 1. The number of nitrogens with zero attached hydrogens (tertiary/aromatic N) is 1. The van der Waals surface area contributed by atoms with Crippen LogP contribution in [0.4, 0.5) is 5.69 Å². The van der Waals surface area contributed by atoms with Gasteiger partial charge >= 0.3 is 0 Å². The number of carbonyl (C=O) groups excluding carboxylic acids is 1. The number of hydrogen-bond acceptors (Lipinski definition) is 3. The Kier molecular flexibility index (Phi) is 4.34. The Balaban J connectivity index is 1.57. The normalized spacial score (nSPS) is 25.7. The van der Waals surface area contributed by atoms with Gasteiger partial charge in [-0.05, 0) is 49.3 Å². The molecule has 1 aliphatic carbocycles. The fourth-order valence-corrected chi connectivity index (χ4v) is 5.13. The summed E-state index contributed by atoms with van der Waals surface area (Å²) >= 11 is 0. The minimum Gasteiger partial charge on any atom is -0.508 e. The molecule has 2 aromatic carbocycles. The van der Waals surface area contributed by atoms with Gasteiger partial charge < -0.3 is 15.3 Å². The molecule has 144 valence electrons. The molecule has 1 saturated heterocycles. The highest BCUT2D eigenvalue weighted by Crippen LogP contribution is 2.51. The number of fused-ring (bicyclic) bond motifs is 3. The highest BCUT2D eigenvalue weighted by atomic mass is 16.3. The predicted molar refractivity (Wildman–Crippen MR) is 111 cm³/mol. The van der Waals surface area contributed by atoms with Gasteiger partial charge in [-0.25, -0.2) is 0 Å². The Labute approximate surface area is 165 Å². The molecule has 3 unspecified atom stereocenters. The first-order chi connectivity index (χ1) is 13.7. The van der Waals surface area contributed by atoms with E-state index in [1.165, 1.54) is 12.0 Å². The van der Waals surface area contributed by atoms with E-state index in [4.69, 9.17) is 0 Å². The third kappa shape index (κ3) is 2.79. The van der Waals surface area contributed by atoms with Crippen molar-refractivity contribution in [2.24, 2.45) is 5.92 Å². The summed E-state index contributed by atoms with van der Waals surface area (Å²) in [6.45, 7) is 1.69. The lowest BCUT2D eigenvalue weighted by atomic mass is 9.76. The van der Waals surface area contributed by atoms with E-state index in [9.17, 15) is 9.90 Å². The second kappa shape index (κ2) is 7.01. The molecule has 0 aromatic heterocycles. The maximum atomic E-state index is 13.3. The number of hydrogen-bond donors (Lipinski definition) is 2. The number of benzene rings is 2. The minimum atomic E-state index is -0.0102. The van der Waals surface area contributed by atoms with Crippen LogP contribution in [0.1, 0.15) is 59.1 Å². The molecular weight excluding hydrogens is 348 g/mol. The molecule has 5 rings (SSSR count). The zero-order chi connectivity index (χ0) is 19.1. The number of anilines is 1. The molecule has 2 aliphatic heterocycles. The largest absolute Gasteiger partial charge is 0.508 e.